The minimum Gasteiger partial charge on any atom is -0.355 e. The number of benzene rings is 1. The van der Waals surface area contributed by atoms with Crippen LogP contribution >= 0.6 is 0 Å². The van der Waals surface area contributed by atoms with Gasteiger partial charge in [-0.25, -0.2) is 4.98 Å². The van der Waals surface area contributed by atoms with Gasteiger partial charge < -0.3 is 10.3 Å². The molecule has 0 aliphatic heterocycles. The van der Waals surface area contributed by atoms with Crippen LogP contribution in [0.15, 0.2) is 35.7 Å². The minimum atomic E-state index is -3.74. The van der Waals surface area contributed by atoms with E-state index in [9.17, 15) is 13.2 Å². The fraction of sp³-hybridized carbons (Fsp3) is 0.167. The number of nitrogens with one attached hydrogen (secondary N) is 3. The van der Waals surface area contributed by atoms with E-state index in [4.69, 9.17) is 0 Å². The Kier molecular flexibility index (Phi) is 3.75. The van der Waals surface area contributed by atoms with E-state index in [0.717, 1.165) is 0 Å². The lowest BCUT2D eigenvalue weighted by molar-refractivity contribution is 0.0963. The summed E-state index contributed by atoms with van der Waals surface area (Å²) in [5.41, 5.74) is 1.43. The molecule has 0 saturated carbocycles. The summed E-state index contributed by atoms with van der Waals surface area (Å²) in [6, 6.07) is 4.79. The highest BCUT2D eigenvalue weighted by atomic mass is 32.2. The van der Waals surface area contributed by atoms with Gasteiger partial charge in [-0.3, -0.25) is 9.52 Å². The monoisotopic (exact) mass is 294 g/mol. The van der Waals surface area contributed by atoms with Crippen LogP contribution in [0.4, 0.5) is 5.69 Å². The van der Waals surface area contributed by atoms with E-state index in [2.05, 4.69) is 20.0 Å². The standard InChI is InChI=1S/C12H14N4O3S/c1-8-3-4-9(12(17)13-2)5-10(8)16-20(18,19)11-6-14-7-15-11/h3-7,16H,1-2H3,(H,13,17)(H,14,15). The second kappa shape index (κ2) is 5.33. The molecular formula is C12H14N4O3S. The minimum absolute atomic E-state index is 0.0396. The van der Waals surface area contributed by atoms with E-state index in [1.54, 1.807) is 19.1 Å². The lowest BCUT2D eigenvalue weighted by Crippen LogP contribution is -2.19. The maximum Gasteiger partial charge on any atom is 0.278 e. The first kappa shape index (κ1) is 14.1. The number of hydrogen-bond donors (Lipinski definition) is 3. The zero-order valence-electron chi connectivity index (χ0n) is 11.0. The second-order valence-corrected chi connectivity index (χ2v) is 5.78. The summed E-state index contributed by atoms with van der Waals surface area (Å²) in [5, 5.41) is 2.45. The molecule has 0 radical (unpaired) electrons. The van der Waals surface area contributed by atoms with Gasteiger partial charge in [-0.15, -0.1) is 0 Å². The van der Waals surface area contributed by atoms with Crippen molar-refractivity contribution < 1.29 is 13.2 Å². The number of carbonyl (C=O) groups excluding carboxylic acids is 1. The molecule has 0 atom stereocenters. The van der Waals surface area contributed by atoms with Crippen molar-refractivity contribution in [2.45, 2.75) is 11.9 Å². The van der Waals surface area contributed by atoms with E-state index >= 15 is 0 Å². The molecule has 0 aliphatic rings. The molecule has 0 saturated heterocycles. The second-order valence-electron chi connectivity index (χ2n) is 4.13. The number of aromatic amines is 1. The fourth-order valence-corrected chi connectivity index (χ4v) is 2.63. The van der Waals surface area contributed by atoms with Crippen LogP contribution in [0.5, 0.6) is 0 Å². The van der Waals surface area contributed by atoms with Gasteiger partial charge in [-0.2, -0.15) is 8.42 Å². The molecule has 0 spiro atoms. The van der Waals surface area contributed by atoms with Gasteiger partial charge in [-0.05, 0) is 24.6 Å². The molecular weight excluding hydrogens is 280 g/mol. The van der Waals surface area contributed by atoms with Crippen molar-refractivity contribution in [1.82, 2.24) is 15.3 Å². The summed E-state index contributed by atoms with van der Waals surface area (Å²) in [6.07, 6.45) is 2.49. The van der Waals surface area contributed by atoms with E-state index in [1.807, 2.05) is 0 Å². The fourth-order valence-electron chi connectivity index (χ4n) is 1.61. The van der Waals surface area contributed by atoms with Gasteiger partial charge >= 0.3 is 0 Å². The molecule has 1 aromatic heterocycles. The molecule has 106 valence electrons. The normalized spacial score (nSPS) is 11.1. The Bertz CT molecular complexity index is 723. The first-order valence-electron chi connectivity index (χ1n) is 5.78. The predicted molar refractivity (Wildman–Crippen MR) is 74.0 cm³/mol. The number of hydrogen-bond acceptors (Lipinski definition) is 4. The van der Waals surface area contributed by atoms with Gasteiger partial charge in [0.05, 0.1) is 18.2 Å². The van der Waals surface area contributed by atoms with Crippen LogP contribution in [0, 0.1) is 6.92 Å². The molecule has 2 aromatic rings. The largest absolute Gasteiger partial charge is 0.355 e. The van der Waals surface area contributed by atoms with Crippen LogP contribution in [0.3, 0.4) is 0 Å². The zero-order valence-corrected chi connectivity index (χ0v) is 11.8. The number of carbonyl (C=O) groups is 1. The molecule has 0 bridgehead atoms. The Morgan fingerprint density at radius 2 is 2.10 bits per heavy atom. The summed E-state index contributed by atoms with van der Waals surface area (Å²) in [5.74, 6) is -0.285. The van der Waals surface area contributed by atoms with Crippen molar-refractivity contribution in [3.05, 3.63) is 41.9 Å². The van der Waals surface area contributed by atoms with E-state index < -0.39 is 10.0 Å². The van der Waals surface area contributed by atoms with E-state index in [1.165, 1.54) is 25.6 Å². The van der Waals surface area contributed by atoms with Crippen molar-refractivity contribution in [3.8, 4) is 0 Å². The summed E-state index contributed by atoms with van der Waals surface area (Å²) in [7, 11) is -2.23. The Balaban J connectivity index is 2.36. The lowest BCUT2D eigenvalue weighted by atomic mass is 10.1. The number of rotatable bonds is 4. The van der Waals surface area contributed by atoms with Gasteiger partial charge in [-0.1, -0.05) is 6.07 Å². The van der Waals surface area contributed by atoms with Crippen molar-refractivity contribution >= 4 is 21.6 Å². The van der Waals surface area contributed by atoms with Gasteiger partial charge in [0.1, 0.15) is 0 Å². The van der Waals surface area contributed by atoms with Crippen LogP contribution in [0.2, 0.25) is 0 Å². The molecule has 1 aromatic carbocycles. The average Bonchev–Trinajstić information content (AvgIpc) is 2.95. The van der Waals surface area contributed by atoms with Crippen LogP contribution in [0.25, 0.3) is 0 Å². The highest BCUT2D eigenvalue weighted by molar-refractivity contribution is 7.92. The van der Waals surface area contributed by atoms with Gasteiger partial charge in [0.15, 0.2) is 5.03 Å². The zero-order chi connectivity index (χ0) is 14.8. The smallest absolute Gasteiger partial charge is 0.278 e. The molecule has 8 heteroatoms. The third-order valence-electron chi connectivity index (χ3n) is 2.73. The first-order chi connectivity index (χ1) is 9.44. The maximum atomic E-state index is 12.1. The Morgan fingerprint density at radius 3 is 2.70 bits per heavy atom. The van der Waals surface area contributed by atoms with Crippen LogP contribution in [-0.2, 0) is 10.0 Å². The third kappa shape index (κ3) is 2.80. The van der Waals surface area contributed by atoms with Crippen molar-refractivity contribution in [2.75, 3.05) is 11.8 Å². The highest BCUT2D eigenvalue weighted by Crippen LogP contribution is 2.20. The number of sulfonamides is 1. The SMILES string of the molecule is CNC(=O)c1ccc(C)c(NS(=O)(=O)c2cnc[nH]2)c1. The summed E-state index contributed by atoms with van der Waals surface area (Å²) in [6.45, 7) is 1.75. The maximum absolute atomic E-state index is 12.1. The molecule has 20 heavy (non-hydrogen) atoms. The lowest BCUT2D eigenvalue weighted by Gasteiger charge is -2.10. The number of anilines is 1. The van der Waals surface area contributed by atoms with Crippen LogP contribution in [0.1, 0.15) is 15.9 Å². The molecule has 2 rings (SSSR count). The number of aromatic nitrogens is 2. The Hall–Kier alpha value is -2.35. The topological polar surface area (TPSA) is 104 Å². The highest BCUT2D eigenvalue weighted by Gasteiger charge is 2.17. The summed E-state index contributed by atoms with van der Waals surface area (Å²) in [4.78, 5) is 17.8. The number of amides is 1. The molecule has 7 nitrogen and oxygen atoms in total. The summed E-state index contributed by atoms with van der Waals surface area (Å²) < 4.78 is 26.6. The molecule has 1 amide bonds. The van der Waals surface area contributed by atoms with Gasteiger partial charge in [0.2, 0.25) is 0 Å². The quantitative estimate of drug-likeness (QED) is 0.778. The van der Waals surface area contributed by atoms with E-state index in [0.29, 0.717) is 16.8 Å². The van der Waals surface area contributed by atoms with E-state index in [-0.39, 0.29) is 10.9 Å². The third-order valence-corrected chi connectivity index (χ3v) is 4.02. The molecule has 0 aliphatic carbocycles. The first-order valence-corrected chi connectivity index (χ1v) is 7.26. The van der Waals surface area contributed by atoms with Gasteiger partial charge in [0.25, 0.3) is 15.9 Å². The van der Waals surface area contributed by atoms with Crippen molar-refractivity contribution in [1.29, 1.82) is 0 Å². The number of imidazole rings is 1. The van der Waals surface area contributed by atoms with Gasteiger partial charge in [0, 0.05) is 12.6 Å². The number of H-pyrrole nitrogens is 1. The molecule has 0 unspecified atom stereocenters. The molecule has 0 fully saturated rings. The number of nitrogens with zero attached hydrogens (tertiary/aromatic N) is 1. The molecule has 1 heterocycles. The number of aryl methyl sites for hydroxylation is 1. The predicted octanol–water partition coefficient (Wildman–Crippen LogP) is 0.879. The van der Waals surface area contributed by atoms with Crippen LogP contribution in [-0.4, -0.2) is 31.3 Å². The Labute approximate surface area is 116 Å². The van der Waals surface area contributed by atoms with Crippen LogP contribution < -0.4 is 10.0 Å². The van der Waals surface area contributed by atoms with Crippen molar-refractivity contribution in [3.63, 3.8) is 0 Å². The average molecular weight is 294 g/mol. The Morgan fingerprint density at radius 1 is 1.35 bits per heavy atom. The summed E-state index contributed by atoms with van der Waals surface area (Å²) >= 11 is 0. The van der Waals surface area contributed by atoms with Crippen molar-refractivity contribution in [2.24, 2.45) is 0 Å². The molecule has 3 N–H and O–H groups in total.